The van der Waals surface area contributed by atoms with Gasteiger partial charge in [-0.15, -0.1) is 0 Å². The maximum atomic E-state index is 13.4. The smallest absolute Gasteiger partial charge is 0.416 e. The molecule has 1 atom stereocenters. The van der Waals surface area contributed by atoms with Crippen molar-refractivity contribution in [1.29, 1.82) is 0 Å². The first-order valence-electron chi connectivity index (χ1n) is 12.5. The fourth-order valence-electron chi connectivity index (χ4n) is 4.39. The topological polar surface area (TPSA) is 69.2 Å². The number of hydrogen-bond donors (Lipinski definition) is 0. The molecule has 0 spiro atoms. The maximum absolute atomic E-state index is 13.4. The number of halogens is 3. The quantitative estimate of drug-likeness (QED) is 0.537. The molecule has 0 aliphatic carbocycles. The lowest BCUT2D eigenvalue weighted by molar-refractivity contribution is -0.137. The number of benzene rings is 1. The molecule has 0 saturated carbocycles. The molecule has 2 saturated heterocycles. The van der Waals surface area contributed by atoms with Crippen molar-refractivity contribution in [2.45, 2.75) is 70.7 Å². The minimum Gasteiger partial charge on any atom is -0.491 e. The second-order valence-corrected chi connectivity index (χ2v) is 10.4. The molecule has 1 aromatic heterocycles. The summed E-state index contributed by atoms with van der Waals surface area (Å²) in [5.74, 6) is -0.171. The molecule has 2 aromatic rings. The van der Waals surface area contributed by atoms with E-state index in [9.17, 15) is 18.0 Å². The Labute approximate surface area is 208 Å². The van der Waals surface area contributed by atoms with Gasteiger partial charge < -0.3 is 13.9 Å². The van der Waals surface area contributed by atoms with E-state index in [0.29, 0.717) is 25.5 Å². The minimum atomic E-state index is -4.60. The number of carbonyl (C=O) groups is 1. The normalized spacial score (nSPS) is 19.8. The summed E-state index contributed by atoms with van der Waals surface area (Å²) in [5, 5.41) is 0. The van der Waals surface area contributed by atoms with Crippen LogP contribution in [0, 0.1) is 0 Å². The van der Waals surface area contributed by atoms with Crippen LogP contribution >= 0.6 is 0 Å². The van der Waals surface area contributed by atoms with Crippen LogP contribution in [0.4, 0.5) is 13.2 Å². The summed E-state index contributed by atoms with van der Waals surface area (Å²) >= 11 is 0. The van der Waals surface area contributed by atoms with Gasteiger partial charge in [0.25, 0.3) is 5.91 Å². The zero-order valence-electron chi connectivity index (χ0n) is 21.1. The molecule has 10 heteroatoms. The highest BCUT2D eigenvalue weighted by molar-refractivity contribution is 5.97. The lowest BCUT2D eigenvalue weighted by atomic mass is 9.94. The summed E-state index contributed by atoms with van der Waals surface area (Å²) < 4.78 is 59.5. The molecule has 0 radical (unpaired) electrons. The number of nitrogens with zero attached hydrogens (tertiary/aromatic N) is 3. The number of aromatic nitrogens is 1. The van der Waals surface area contributed by atoms with E-state index in [2.05, 4.69) is 9.89 Å². The Morgan fingerprint density at radius 1 is 1.17 bits per heavy atom. The maximum Gasteiger partial charge on any atom is 0.416 e. The molecule has 1 aromatic carbocycles. The van der Waals surface area contributed by atoms with Crippen LogP contribution in [0.5, 0.6) is 5.75 Å². The molecular formula is C26H34F3N3O4. The van der Waals surface area contributed by atoms with Crippen molar-refractivity contribution in [3.05, 3.63) is 47.0 Å². The molecule has 0 N–H and O–H groups in total. The Balaban J connectivity index is 1.65. The Hall–Kier alpha value is -2.59. The van der Waals surface area contributed by atoms with Crippen molar-refractivity contribution < 1.29 is 31.9 Å². The number of rotatable bonds is 7. The van der Waals surface area contributed by atoms with Gasteiger partial charge in [-0.05, 0) is 57.0 Å². The number of alkyl halides is 3. The van der Waals surface area contributed by atoms with E-state index < -0.39 is 17.6 Å². The van der Waals surface area contributed by atoms with Crippen molar-refractivity contribution >= 4 is 5.91 Å². The Kier molecular flexibility index (Phi) is 7.94. The standard InChI is InChI=1S/C26H34F3N3O4/c1-25(2,3)22-17-32(16-19-7-6-13-34-19)24(36-22)30-23(33)20-15-18(26(27,28)29)8-9-21(20)35-14-12-31-10-4-5-11-31/h8-9,15,17,19H,4-7,10-14,16H2,1-3H3/b30-24-/t19-/m1/s1. The molecule has 0 bridgehead atoms. The van der Waals surface area contributed by atoms with Gasteiger partial charge in [0.05, 0.1) is 23.8 Å². The van der Waals surface area contributed by atoms with Crippen LogP contribution in [0.25, 0.3) is 0 Å². The zero-order valence-corrected chi connectivity index (χ0v) is 21.1. The van der Waals surface area contributed by atoms with E-state index in [-0.39, 0.29) is 35.1 Å². The Morgan fingerprint density at radius 3 is 2.56 bits per heavy atom. The average Bonchev–Trinajstić information content (AvgIpc) is 3.56. The molecule has 198 valence electrons. The van der Waals surface area contributed by atoms with Gasteiger partial charge in [0.15, 0.2) is 0 Å². The van der Waals surface area contributed by atoms with Gasteiger partial charge in [0, 0.05) is 24.8 Å². The first kappa shape index (κ1) is 26.5. The largest absolute Gasteiger partial charge is 0.491 e. The van der Waals surface area contributed by atoms with Crippen molar-refractivity contribution in [2.75, 3.05) is 32.8 Å². The first-order chi connectivity index (χ1) is 17.0. The summed E-state index contributed by atoms with van der Waals surface area (Å²) in [5.41, 5.74) is -1.51. The summed E-state index contributed by atoms with van der Waals surface area (Å²) in [7, 11) is 0. The second-order valence-electron chi connectivity index (χ2n) is 10.4. The lowest BCUT2D eigenvalue weighted by Crippen LogP contribution is -2.26. The predicted molar refractivity (Wildman–Crippen MR) is 127 cm³/mol. The lowest BCUT2D eigenvalue weighted by Gasteiger charge is -2.16. The summed E-state index contributed by atoms with van der Waals surface area (Å²) in [6.07, 6.45) is 1.20. The van der Waals surface area contributed by atoms with E-state index in [0.717, 1.165) is 50.9 Å². The monoisotopic (exact) mass is 509 g/mol. The predicted octanol–water partition coefficient (Wildman–Crippen LogP) is 4.79. The molecule has 4 rings (SSSR count). The number of amides is 1. The van der Waals surface area contributed by atoms with Gasteiger partial charge in [0.1, 0.15) is 18.1 Å². The van der Waals surface area contributed by atoms with Crippen LogP contribution < -0.4 is 10.4 Å². The molecule has 36 heavy (non-hydrogen) atoms. The third-order valence-corrected chi connectivity index (χ3v) is 6.48. The summed E-state index contributed by atoms with van der Waals surface area (Å²) in [4.78, 5) is 19.6. The SMILES string of the molecule is CC(C)(C)c1cn(C[C@H]2CCCO2)/c(=N/C(=O)c2cc(C(F)(F)F)ccc2OCCN2CCCC2)o1. The fraction of sp³-hybridized carbons (Fsp3) is 0.615. The van der Waals surface area contributed by atoms with Gasteiger partial charge in [0.2, 0.25) is 0 Å². The van der Waals surface area contributed by atoms with E-state index >= 15 is 0 Å². The minimum absolute atomic E-state index is 0.0286. The van der Waals surface area contributed by atoms with E-state index in [4.69, 9.17) is 13.9 Å². The van der Waals surface area contributed by atoms with Crippen LogP contribution in [0.3, 0.4) is 0 Å². The van der Waals surface area contributed by atoms with Crippen molar-refractivity contribution in [3.8, 4) is 5.75 Å². The number of ether oxygens (including phenoxy) is 2. The van der Waals surface area contributed by atoms with E-state index in [1.807, 2.05) is 20.8 Å². The van der Waals surface area contributed by atoms with Crippen LogP contribution in [0.1, 0.15) is 68.1 Å². The molecule has 0 unspecified atom stereocenters. The van der Waals surface area contributed by atoms with Crippen LogP contribution in [0.15, 0.2) is 33.8 Å². The van der Waals surface area contributed by atoms with Gasteiger partial charge in [-0.3, -0.25) is 14.3 Å². The highest BCUT2D eigenvalue weighted by Gasteiger charge is 2.32. The van der Waals surface area contributed by atoms with E-state index in [1.165, 1.54) is 6.07 Å². The third-order valence-electron chi connectivity index (χ3n) is 6.48. The molecule has 3 heterocycles. The molecular weight excluding hydrogens is 475 g/mol. The average molecular weight is 510 g/mol. The van der Waals surface area contributed by atoms with Crippen LogP contribution in [-0.2, 0) is 22.9 Å². The Morgan fingerprint density at radius 2 is 1.92 bits per heavy atom. The van der Waals surface area contributed by atoms with Crippen LogP contribution in [-0.4, -0.2) is 54.3 Å². The van der Waals surface area contributed by atoms with Gasteiger partial charge >= 0.3 is 11.9 Å². The number of hydrogen-bond acceptors (Lipinski definition) is 5. The summed E-state index contributed by atoms with van der Waals surface area (Å²) in [6, 6.07) is 2.91. The third kappa shape index (κ3) is 6.59. The van der Waals surface area contributed by atoms with Crippen LogP contribution in [0.2, 0.25) is 0 Å². The van der Waals surface area contributed by atoms with Gasteiger partial charge in [-0.25, -0.2) is 0 Å². The zero-order chi connectivity index (χ0) is 25.9. The number of carbonyl (C=O) groups excluding carboxylic acids is 1. The second kappa shape index (κ2) is 10.8. The highest BCUT2D eigenvalue weighted by atomic mass is 19.4. The number of oxazole rings is 1. The van der Waals surface area contributed by atoms with Crippen molar-refractivity contribution in [3.63, 3.8) is 0 Å². The van der Waals surface area contributed by atoms with Crippen molar-refractivity contribution in [1.82, 2.24) is 9.47 Å². The fourth-order valence-corrected chi connectivity index (χ4v) is 4.39. The number of likely N-dealkylation sites (tertiary alicyclic amines) is 1. The molecule has 2 aliphatic rings. The molecule has 7 nitrogen and oxygen atoms in total. The Bertz CT molecular complexity index is 1120. The molecule has 1 amide bonds. The molecule has 2 fully saturated rings. The van der Waals surface area contributed by atoms with E-state index in [1.54, 1.807) is 10.8 Å². The van der Waals surface area contributed by atoms with Crippen molar-refractivity contribution in [2.24, 2.45) is 4.99 Å². The van der Waals surface area contributed by atoms with Gasteiger partial charge in [-0.1, -0.05) is 20.8 Å². The first-order valence-corrected chi connectivity index (χ1v) is 12.5. The highest BCUT2D eigenvalue weighted by Crippen LogP contribution is 2.33. The molecule has 2 aliphatic heterocycles. The van der Waals surface area contributed by atoms with Gasteiger partial charge in [-0.2, -0.15) is 18.2 Å². The summed E-state index contributed by atoms with van der Waals surface area (Å²) in [6.45, 7) is 9.84.